The molecule has 142 valence electrons. The number of urea groups is 1. The molecular weight excluding hydrogens is 344 g/mol. The number of pyridine rings is 1. The van der Waals surface area contributed by atoms with Crippen LogP contribution in [0.3, 0.4) is 0 Å². The first-order valence-electron chi connectivity index (χ1n) is 9.42. The van der Waals surface area contributed by atoms with Crippen LogP contribution in [0.4, 0.5) is 10.6 Å². The Labute approximate surface area is 158 Å². The van der Waals surface area contributed by atoms with Gasteiger partial charge in [-0.05, 0) is 19.1 Å². The van der Waals surface area contributed by atoms with Gasteiger partial charge < -0.3 is 19.9 Å². The van der Waals surface area contributed by atoms with Gasteiger partial charge in [-0.2, -0.15) is 0 Å². The van der Waals surface area contributed by atoms with Gasteiger partial charge in [0, 0.05) is 56.1 Å². The van der Waals surface area contributed by atoms with Gasteiger partial charge in [-0.15, -0.1) is 0 Å². The highest BCUT2D eigenvalue weighted by molar-refractivity contribution is 5.75. The molecule has 0 bridgehead atoms. The van der Waals surface area contributed by atoms with Gasteiger partial charge in [0.25, 0.3) is 0 Å². The fourth-order valence-electron chi connectivity index (χ4n) is 3.49. The molecule has 2 aromatic rings. The molecule has 0 unspecified atom stereocenters. The van der Waals surface area contributed by atoms with E-state index in [1.54, 1.807) is 12.4 Å². The van der Waals surface area contributed by atoms with Crippen LogP contribution in [0.15, 0.2) is 24.5 Å². The van der Waals surface area contributed by atoms with Crippen LogP contribution in [0.25, 0.3) is 11.4 Å². The van der Waals surface area contributed by atoms with E-state index in [1.165, 1.54) is 0 Å². The number of ether oxygens (including phenoxy) is 1. The fourth-order valence-corrected chi connectivity index (χ4v) is 3.49. The maximum atomic E-state index is 12.3. The van der Waals surface area contributed by atoms with Crippen molar-refractivity contribution in [3.05, 3.63) is 35.8 Å². The maximum Gasteiger partial charge on any atom is 0.317 e. The van der Waals surface area contributed by atoms with Gasteiger partial charge in [-0.25, -0.2) is 14.8 Å². The third kappa shape index (κ3) is 3.71. The van der Waals surface area contributed by atoms with E-state index in [9.17, 15) is 4.79 Å². The predicted molar refractivity (Wildman–Crippen MR) is 101 cm³/mol. The molecule has 0 aliphatic carbocycles. The van der Waals surface area contributed by atoms with Gasteiger partial charge in [0.1, 0.15) is 5.82 Å². The van der Waals surface area contributed by atoms with E-state index < -0.39 is 0 Å². The molecule has 0 atom stereocenters. The van der Waals surface area contributed by atoms with Crippen molar-refractivity contribution in [2.45, 2.75) is 19.9 Å². The molecule has 1 N–H and O–H groups in total. The minimum absolute atomic E-state index is 0.0348. The monoisotopic (exact) mass is 368 g/mol. The maximum absolute atomic E-state index is 12.3. The highest BCUT2D eigenvalue weighted by atomic mass is 16.5. The zero-order valence-electron chi connectivity index (χ0n) is 15.5. The molecule has 2 aliphatic rings. The summed E-state index contributed by atoms with van der Waals surface area (Å²) in [5.74, 6) is 1.60. The molecule has 1 fully saturated rings. The molecule has 4 rings (SSSR count). The molecule has 2 aromatic heterocycles. The quantitative estimate of drug-likeness (QED) is 0.883. The second-order valence-corrected chi connectivity index (χ2v) is 6.64. The van der Waals surface area contributed by atoms with E-state index >= 15 is 0 Å². The Morgan fingerprint density at radius 3 is 2.85 bits per heavy atom. The third-order valence-electron chi connectivity index (χ3n) is 4.88. The summed E-state index contributed by atoms with van der Waals surface area (Å²) >= 11 is 0. The van der Waals surface area contributed by atoms with Crippen LogP contribution in [0.1, 0.15) is 18.2 Å². The van der Waals surface area contributed by atoms with Gasteiger partial charge >= 0.3 is 6.03 Å². The van der Waals surface area contributed by atoms with E-state index in [1.807, 2.05) is 24.0 Å². The number of rotatable bonds is 3. The average molecular weight is 368 g/mol. The zero-order chi connectivity index (χ0) is 18.6. The summed E-state index contributed by atoms with van der Waals surface area (Å²) < 4.78 is 5.50. The van der Waals surface area contributed by atoms with Gasteiger partial charge in [0.15, 0.2) is 5.82 Å². The lowest BCUT2D eigenvalue weighted by atomic mass is 10.0. The Morgan fingerprint density at radius 2 is 2.11 bits per heavy atom. The van der Waals surface area contributed by atoms with Crippen LogP contribution in [0, 0.1) is 0 Å². The highest BCUT2D eigenvalue weighted by Gasteiger charge is 2.28. The second-order valence-electron chi connectivity index (χ2n) is 6.64. The van der Waals surface area contributed by atoms with Gasteiger partial charge in [0.2, 0.25) is 0 Å². The van der Waals surface area contributed by atoms with E-state index in [0.29, 0.717) is 38.7 Å². The molecule has 8 heteroatoms. The number of amides is 2. The van der Waals surface area contributed by atoms with Crippen molar-refractivity contribution in [2.24, 2.45) is 0 Å². The Kier molecular flexibility index (Phi) is 5.15. The zero-order valence-corrected chi connectivity index (χ0v) is 15.5. The first-order chi connectivity index (χ1) is 13.3. The Morgan fingerprint density at radius 1 is 1.26 bits per heavy atom. The number of aromatic nitrogens is 3. The largest absolute Gasteiger partial charge is 0.378 e. The molecule has 0 aromatic carbocycles. The van der Waals surface area contributed by atoms with Crippen LogP contribution in [0.5, 0.6) is 0 Å². The molecule has 0 spiro atoms. The fraction of sp³-hybridized carbons (Fsp3) is 0.474. The summed E-state index contributed by atoms with van der Waals surface area (Å²) in [6.45, 7) is 6.68. The number of nitrogens with zero attached hydrogens (tertiary/aromatic N) is 5. The molecular formula is C19H24N6O2. The van der Waals surface area contributed by atoms with Crippen molar-refractivity contribution in [1.82, 2.24) is 25.2 Å². The van der Waals surface area contributed by atoms with Crippen LogP contribution < -0.4 is 10.2 Å². The second kappa shape index (κ2) is 7.87. The first-order valence-corrected chi connectivity index (χ1v) is 9.42. The number of anilines is 1. The summed E-state index contributed by atoms with van der Waals surface area (Å²) in [7, 11) is 0. The molecule has 2 amide bonds. The molecule has 27 heavy (non-hydrogen) atoms. The number of carbonyl (C=O) groups is 1. The Balaban J connectivity index is 1.73. The van der Waals surface area contributed by atoms with Crippen molar-refractivity contribution >= 4 is 11.8 Å². The van der Waals surface area contributed by atoms with Gasteiger partial charge in [0.05, 0.1) is 25.5 Å². The van der Waals surface area contributed by atoms with Crippen LogP contribution in [-0.2, 0) is 17.7 Å². The third-order valence-corrected chi connectivity index (χ3v) is 4.88. The first kappa shape index (κ1) is 17.7. The summed E-state index contributed by atoms with van der Waals surface area (Å²) in [5.41, 5.74) is 2.97. The standard InChI is InChI=1S/C19H24N6O2/c1-2-21-19(26)25-7-5-16-15(13-25)18(24-8-10-27-11-9-24)23-17(22-16)14-4-3-6-20-12-14/h3-4,6,12H,2,5,7-11,13H2,1H3,(H,21,26). The van der Waals surface area contributed by atoms with Crippen molar-refractivity contribution in [3.8, 4) is 11.4 Å². The average Bonchev–Trinajstić information content (AvgIpc) is 2.74. The molecule has 1 saturated heterocycles. The predicted octanol–water partition coefficient (Wildman–Crippen LogP) is 1.46. The van der Waals surface area contributed by atoms with E-state index in [4.69, 9.17) is 14.7 Å². The SMILES string of the molecule is CCNC(=O)N1CCc2nc(-c3cccnc3)nc(N3CCOCC3)c2C1. The minimum Gasteiger partial charge on any atom is -0.378 e. The number of carbonyl (C=O) groups excluding carboxylic acids is 1. The smallest absolute Gasteiger partial charge is 0.317 e. The summed E-state index contributed by atoms with van der Waals surface area (Å²) in [6.07, 6.45) is 4.25. The summed E-state index contributed by atoms with van der Waals surface area (Å²) in [4.78, 5) is 30.3. The Bertz CT molecular complexity index is 807. The lowest BCUT2D eigenvalue weighted by Crippen LogP contribution is -2.44. The summed E-state index contributed by atoms with van der Waals surface area (Å²) in [5, 5.41) is 2.89. The number of hydrogen-bond donors (Lipinski definition) is 1. The van der Waals surface area contributed by atoms with Crippen LogP contribution in [-0.4, -0.2) is 65.3 Å². The van der Waals surface area contributed by atoms with Gasteiger partial charge in [-0.3, -0.25) is 4.98 Å². The summed E-state index contributed by atoms with van der Waals surface area (Å²) in [6, 6.07) is 3.83. The van der Waals surface area contributed by atoms with Crippen LogP contribution in [0.2, 0.25) is 0 Å². The topological polar surface area (TPSA) is 83.5 Å². The van der Waals surface area contributed by atoms with Gasteiger partial charge in [-0.1, -0.05) is 0 Å². The Hall–Kier alpha value is -2.74. The van der Waals surface area contributed by atoms with Crippen LogP contribution >= 0.6 is 0 Å². The molecule has 8 nitrogen and oxygen atoms in total. The van der Waals surface area contributed by atoms with E-state index in [-0.39, 0.29) is 6.03 Å². The number of morpholine rings is 1. The lowest BCUT2D eigenvalue weighted by Gasteiger charge is -2.34. The van der Waals surface area contributed by atoms with E-state index in [0.717, 1.165) is 42.1 Å². The lowest BCUT2D eigenvalue weighted by molar-refractivity contribution is 0.122. The van der Waals surface area contributed by atoms with Crippen molar-refractivity contribution in [2.75, 3.05) is 44.3 Å². The normalized spacial score (nSPS) is 16.8. The number of hydrogen-bond acceptors (Lipinski definition) is 6. The minimum atomic E-state index is -0.0348. The highest BCUT2D eigenvalue weighted by Crippen LogP contribution is 2.30. The van der Waals surface area contributed by atoms with Crippen molar-refractivity contribution < 1.29 is 9.53 Å². The molecule has 2 aliphatic heterocycles. The van der Waals surface area contributed by atoms with Crippen molar-refractivity contribution in [1.29, 1.82) is 0 Å². The number of fused-ring (bicyclic) bond motifs is 1. The van der Waals surface area contributed by atoms with E-state index in [2.05, 4.69) is 15.2 Å². The number of nitrogens with one attached hydrogen (secondary N) is 1. The molecule has 0 radical (unpaired) electrons. The molecule has 0 saturated carbocycles. The van der Waals surface area contributed by atoms with Crippen molar-refractivity contribution in [3.63, 3.8) is 0 Å². The molecule has 4 heterocycles.